The maximum atomic E-state index is 10.3. The maximum absolute atomic E-state index is 10.3. The van der Waals surface area contributed by atoms with Gasteiger partial charge in [0.05, 0.1) is 0 Å². The Morgan fingerprint density at radius 2 is 0.889 bits per heavy atom. The van der Waals surface area contributed by atoms with Gasteiger partial charge in [0.25, 0.3) is 0 Å². The quantitative estimate of drug-likeness (QED) is 0.129. The summed E-state index contributed by atoms with van der Waals surface area (Å²) >= 11 is 0. The summed E-state index contributed by atoms with van der Waals surface area (Å²) in [5, 5.41) is 0. The van der Waals surface area contributed by atoms with Gasteiger partial charge in [-0.2, -0.15) is 6.08 Å². The molecular formula is C29H56N3O3V-. The molecular weight excluding hydrogens is 489 g/mol. The molecule has 0 spiro atoms. The van der Waals surface area contributed by atoms with Crippen molar-refractivity contribution in [2.24, 2.45) is 17.2 Å². The van der Waals surface area contributed by atoms with Crippen molar-refractivity contribution in [2.45, 2.75) is 143 Å². The van der Waals surface area contributed by atoms with E-state index in [1.807, 2.05) is 12.2 Å². The topological polar surface area (TPSA) is 129 Å². The summed E-state index contributed by atoms with van der Waals surface area (Å²) in [7, 11) is 0. The second-order valence-corrected chi connectivity index (χ2v) is 8.89. The molecule has 0 fully saturated rings. The number of nitrogens with two attached hydrogens (primary N) is 3. The number of carbonyl (C=O) groups is 3. The van der Waals surface area contributed by atoms with Crippen molar-refractivity contribution in [3.63, 3.8) is 0 Å². The van der Waals surface area contributed by atoms with Crippen LogP contribution in [0.1, 0.15) is 143 Å². The number of primary amides is 3. The summed E-state index contributed by atoms with van der Waals surface area (Å²) in [6.45, 7) is 6.52. The van der Waals surface area contributed by atoms with E-state index in [-0.39, 0.29) is 36.3 Å². The number of allylic oxidation sites excluding steroid dienone is 4. The van der Waals surface area contributed by atoms with Gasteiger partial charge >= 0.3 is 0 Å². The van der Waals surface area contributed by atoms with Crippen molar-refractivity contribution in [1.29, 1.82) is 0 Å². The van der Waals surface area contributed by atoms with Gasteiger partial charge in [0.2, 0.25) is 17.7 Å². The predicted octanol–water partition coefficient (Wildman–Crippen LogP) is 6.80. The van der Waals surface area contributed by atoms with Crippen molar-refractivity contribution in [3.05, 3.63) is 24.3 Å². The second kappa shape index (κ2) is 38.0. The molecule has 0 aliphatic heterocycles. The van der Waals surface area contributed by atoms with Gasteiger partial charge in [-0.25, -0.2) is 12.2 Å². The minimum absolute atomic E-state index is 0. The Morgan fingerprint density at radius 1 is 0.583 bits per heavy atom. The van der Waals surface area contributed by atoms with E-state index in [2.05, 4.69) is 32.9 Å². The first-order valence-corrected chi connectivity index (χ1v) is 13.9. The molecule has 36 heavy (non-hydrogen) atoms. The van der Waals surface area contributed by atoms with E-state index in [9.17, 15) is 14.4 Å². The van der Waals surface area contributed by atoms with Gasteiger partial charge in [-0.05, 0) is 19.3 Å². The Bertz CT molecular complexity index is 471. The Hall–Kier alpha value is -1.53. The van der Waals surface area contributed by atoms with Crippen LogP contribution in [0.25, 0.3) is 0 Å². The first-order valence-electron chi connectivity index (χ1n) is 13.9. The smallest absolute Gasteiger partial charge is 0.217 e. The molecule has 0 aromatic carbocycles. The molecule has 0 aromatic rings. The van der Waals surface area contributed by atoms with Gasteiger partial charge in [0.15, 0.2) is 0 Å². The Balaban J connectivity index is -0.000000192. The standard InChI is InChI=1S/3C8H17NO.C5H5.V/c3*1-2-3-4-5-6-7-8(9)10;1-2-4-5-3-1;/h3*2-7H2,1H3,(H2,9,10);1-3H,4H2;/q;;;-1;. The molecule has 6 nitrogen and oxygen atoms in total. The number of rotatable bonds is 18. The van der Waals surface area contributed by atoms with E-state index in [0.29, 0.717) is 19.3 Å². The zero-order chi connectivity index (χ0) is 27.0. The third kappa shape index (κ3) is 53.7. The van der Waals surface area contributed by atoms with Crippen LogP contribution in [0.3, 0.4) is 0 Å². The van der Waals surface area contributed by atoms with Gasteiger partial charge in [-0.15, -0.1) is 6.42 Å². The second-order valence-electron chi connectivity index (χ2n) is 8.89. The van der Waals surface area contributed by atoms with Gasteiger partial charge in [0.1, 0.15) is 0 Å². The minimum Gasteiger partial charge on any atom is -0.370 e. The van der Waals surface area contributed by atoms with Gasteiger partial charge in [-0.1, -0.05) is 97.8 Å². The third-order valence-corrected chi connectivity index (χ3v) is 5.17. The van der Waals surface area contributed by atoms with E-state index >= 15 is 0 Å². The molecule has 0 atom stereocenters. The van der Waals surface area contributed by atoms with E-state index in [1.165, 1.54) is 57.8 Å². The molecule has 211 valence electrons. The van der Waals surface area contributed by atoms with E-state index in [4.69, 9.17) is 17.2 Å². The average molecular weight is 546 g/mol. The van der Waals surface area contributed by atoms with Crippen LogP contribution in [-0.2, 0) is 32.9 Å². The van der Waals surface area contributed by atoms with Gasteiger partial charge in [0, 0.05) is 37.8 Å². The molecule has 1 aliphatic rings. The Morgan fingerprint density at radius 3 is 1.06 bits per heavy atom. The monoisotopic (exact) mass is 545 g/mol. The summed E-state index contributed by atoms with van der Waals surface area (Å²) in [5.41, 5.74) is 14.9. The van der Waals surface area contributed by atoms with Gasteiger partial charge in [-0.3, -0.25) is 20.5 Å². The predicted molar refractivity (Wildman–Crippen MR) is 149 cm³/mol. The van der Waals surface area contributed by atoms with Crippen LogP contribution in [0.2, 0.25) is 0 Å². The molecule has 0 bridgehead atoms. The van der Waals surface area contributed by atoms with Crippen LogP contribution in [0.15, 0.2) is 18.2 Å². The summed E-state index contributed by atoms with van der Waals surface area (Å²) in [6.07, 6.45) is 29.3. The summed E-state index contributed by atoms with van der Waals surface area (Å²) < 4.78 is 0. The minimum atomic E-state index is -0.170. The van der Waals surface area contributed by atoms with Crippen LogP contribution in [0.5, 0.6) is 0 Å². The number of hydrogen-bond acceptors (Lipinski definition) is 3. The third-order valence-electron chi connectivity index (χ3n) is 5.17. The molecule has 6 N–H and O–H groups in total. The summed E-state index contributed by atoms with van der Waals surface area (Å²) in [4.78, 5) is 30.8. The van der Waals surface area contributed by atoms with Crippen LogP contribution >= 0.6 is 0 Å². The van der Waals surface area contributed by atoms with Crippen molar-refractivity contribution >= 4 is 17.7 Å². The molecule has 0 heterocycles. The fourth-order valence-electron chi connectivity index (χ4n) is 3.05. The summed E-state index contributed by atoms with van der Waals surface area (Å²) in [6, 6.07) is 0. The van der Waals surface area contributed by atoms with Crippen molar-refractivity contribution in [1.82, 2.24) is 0 Å². The van der Waals surface area contributed by atoms with Crippen LogP contribution in [-0.4, -0.2) is 17.7 Å². The molecule has 1 aliphatic carbocycles. The normalized spacial score (nSPS) is 10.5. The first kappa shape index (κ1) is 41.6. The Kier molecular flexibility index (Phi) is 43.9. The molecule has 0 saturated heterocycles. The van der Waals surface area contributed by atoms with E-state index in [1.54, 1.807) is 0 Å². The molecule has 0 aromatic heterocycles. The van der Waals surface area contributed by atoms with Crippen LogP contribution < -0.4 is 17.2 Å². The molecule has 1 rings (SSSR count). The fraction of sp³-hybridized carbons (Fsp3) is 0.759. The largest absolute Gasteiger partial charge is 0.370 e. The van der Waals surface area contributed by atoms with E-state index < -0.39 is 0 Å². The number of amides is 3. The van der Waals surface area contributed by atoms with Crippen LogP contribution in [0, 0.1) is 6.08 Å². The SMILES string of the molecule is CCCCCCCC(N)=O.CCCCCCCC(N)=O.CCCCCCCC(N)=O.[C-]1=CC=CC1.[V]. The fourth-order valence-corrected chi connectivity index (χ4v) is 3.05. The number of unbranched alkanes of at least 4 members (excludes halogenated alkanes) is 12. The van der Waals surface area contributed by atoms with Crippen molar-refractivity contribution in [2.75, 3.05) is 0 Å². The number of carbonyl (C=O) groups excluding carboxylic acids is 3. The molecule has 3 amide bonds. The molecule has 0 unspecified atom stereocenters. The van der Waals surface area contributed by atoms with Crippen LogP contribution in [0.4, 0.5) is 0 Å². The maximum Gasteiger partial charge on any atom is 0.217 e. The molecule has 1 radical (unpaired) electrons. The zero-order valence-corrected chi connectivity index (χ0v) is 25.0. The molecule has 7 heteroatoms. The Labute approximate surface area is 234 Å². The van der Waals surface area contributed by atoms with E-state index in [0.717, 1.165) is 44.9 Å². The van der Waals surface area contributed by atoms with Gasteiger partial charge < -0.3 is 17.2 Å². The average Bonchev–Trinajstić information content (AvgIpc) is 3.39. The summed E-state index contributed by atoms with van der Waals surface area (Å²) in [5.74, 6) is -0.510. The number of hydrogen-bond donors (Lipinski definition) is 3. The zero-order valence-electron chi connectivity index (χ0n) is 23.6. The van der Waals surface area contributed by atoms with Crippen molar-refractivity contribution in [3.8, 4) is 0 Å². The van der Waals surface area contributed by atoms with Crippen molar-refractivity contribution < 1.29 is 32.9 Å². The first-order chi connectivity index (χ1) is 16.8. The molecule has 0 saturated carbocycles.